The van der Waals surface area contributed by atoms with Crippen LogP contribution in [0.15, 0.2) is 164 Å². The van der Waals surface area contributed by atoms with Crippen molar-refractivity contribution in [1.29, 1.82) is 0 Å². The molecular formula is C41H27NO. The van der Waals surface area contributed by atoms with Gasteiger partial charge in [-0.3, -0.25) is 0 Å². The van der Waals surface area contributed by atoms with Crippen molar-refractivity contribution in [1.82, 2.24) is 0 Å². The average molecular weight is 550 g/mol. The molecule has 7 aromatic carbocycles. The van der Waals surface area contributed by atoms with Crippen molar-refractivity contribution in [3.8, 4) is 22.6 Å². The maximum absolute atomic E-state index is 6.59. The molecule has 0 N–H and O–H groups in total. The predicted molar refractivity (Wildman–Crippen MR) is 176 cm³/mol. The number of benzene rings is 7. The largest absolute Gasteiger partial charge is 0.457 e. The molecule has 1 spiro atoms. The van der Waals surface area contributed by atoms with Crippen LogP contribution in [0, 0.1) is 0 Å². The van der Waals surface area contributed by atoms with Crippen LogP contribution in [-0.2, 0) is 5.41 Å². The van der Waals surface area contributed by atoms with Gasteiger partial charge >= 0.3 is 0 Å². The quantitative estimate of drug-likeness (QED) is 0.217. The summed E-state index contributed by atoms with van der Waals surface area (Å²) in [7, 11) is 0. The molecule has 1 aliphatic heterocycles. The summed E-state index contributed by atoms with van der Waals surface area (Å²) in [6.45, 7) is 0. The number of para-hydroxylation sites is 4. The van der Waals surface area contributed by atoms with Crippen molar-refractivity contribution >= 4 is 27.8 Å². The Kier molecular flexibility index (Phi) is 5.15. The first-order valence-electron chi connectivity index (χ1n) is 14.8. The Hall–Kier alpha value is -5.60. The fraction of sp³-hybridized carbons (Fsp3) is 0.0244. The monoisotopic (exact) mass is 549 g/mol. The standard InChI is InChI=1S/C41H27NO/c1-3-14-29(15-4-1)42(30-16-5-2-6-17-30)31-24-25-33-37(27-31)41(36-26-23-28-13-7-8-18-32(28)40(33)36)34-19-9-11-21-38(34)43-39-22-12-10-20-35(39)41/h1-27H. The lowest BCUT2D eigenvalue weighted by Gasteiger charge is -2.39. The lowest BCUT2D eigenvalue weighted by Crippen LogP contribution is -2.32. The maximum atomic E-state index is 6.59. The van der Waals surface area contributed by atoms with Crippen molar-refractivity contribution in [2.45, 2.75) is 5.41 Å². The Morgan fingerprint density at radius 1 is 0.419 bits per heavy atom. The third kappa shape index (κ3) is 3.35. The SMILES string of the molecule is c1ccc(N(c2ccccc2)c2ccc3c(c2)C2(c4ccccc4Oc4ccccc42)c2ccc4ccccc4c2-3)cc1. The lowest BCUT2D eigenvalue weighted by atomic mass is 9.66. The first-order chi connectivity index (χ1) is 21.3. The van der Waals surface area contributed by atoms with Gasteiger partial charge in [0, 0.05) is 28.2 Å². The van der Waals surface area contributed by atoms with E-state index in [1.165, 1.54) is 44.2 Å². The second kappa shape index (κ2) is 9.20. The van der Waals surface area contributed by atoms with E-state index in [4.69, 9.17) is 4.74 Å². The Labute approximate surface area is 251 Å². The highest BCUT2D eigenvalue weighted by Gasteiger charge is 2.51. The van der Waals surface area contributed by atoms with Crippen molar-refractivity contribution in [2.24, 2.45) is 0 Å². The van der Waals surface area contributed by atoms with Crippen LogP contribution < -0.4 is 9.64 Å². The topological polar surface area (TPSA) is 12.5 Å². The van der Waals surface area contributed by atoms with Crippen LogP contribution in [-0.4, -0.2) is 0 Å². The molecule has 0 amide bonds. The zero-order valence-corrected chi connectivity index (χ0v) is 23.4. The number of anilines is 3. The van der Waals surface area contributed by atoms with Crippen molar-refractivity contribution in [2.75, 3.05) is 4.90 Å². The summed E-state index contributed by atoms with van der Waals surface area (Å²) in [4.78, 5) is 2.35. The van der Waals surface area contributed by atoms with Crippen molar-refractivity contribution in [3.05, 3.63) is 186 Å². The lowest BCUT2D eigenvalue weighted by molar-refractivity contribution is 0.436. The molecule has 0 unspecified atom stereocenters. The van der Waals surface area contributed by atoms with Crippen LogP contribution in [0.1, 0.15) is 22.3 Å². The van der Waals surface area contributed by atoms with E-state index in [2.05, 4.69) is 169 Å². The summed E-state index contributed by atoms with van der Waals surface area (Å²) in [5, 5.41) is 2.52. The summed E-state index contributed by atoms with van der Waals surface area (Å²) in [5.74, 6) is 1.81. The molecule has 0 radical (unpaired) electrons. The van der Waals surface area contributed by atoms with Crippen LogP contribution >= 0.6 is 0 Å². The molecule has 7 aromatic rings. The number of nitrogens with zero attached hydrogens (tertiary/aromatic N) is 1. The minimum atomic E-state index is -0.533. The number of hydrogen-bond donors (Lipinski definition) is 0. The molecule has 0 aromatic heterocycles. The van der Waals surface area contributed by atoms with Gasteiger partial charge in [0.2, 0.25) is 0 Å². The molecule has 2 nitrogen and oxygen atoms in total. The van der Waals surface area contributed by atoms with Crippen LogP contribution in [0.4, 0.5) is 17.1 Å². The molecular weight excluding hydrogens is 522 g/mol. The van der Waals surface area contributed by atoms with E-state index >= 15 is 0 Å². The summed E-state index contributed by atoms with van der Waals surface area (Å²) >= 11 is 0. The van der Waals surface area contributed by atoms with Gasteiger partial charge in [-0.2, -0.15) is 0 Å². The molecule has 0 atom stereocenters. The van der Waals surface area contributed by atoms with Gasteiger partial charge in [-0.05, 0) is 81.6 Å². The Bertz CT molecular complexity index is 2080. The second-order valence-electron chi connectivity index (χ2n) is 11.3. The molecule has 1 heterocycles. The third-order valence-corrected chi connectivity index (χ3v) is 9.10. The number of ether oxygens (including phenoxy) is 1. The first-order valence-corrected chi connectivity index (χ1v) is 14.8. The molecule has 9 rings (SSSR count). The fourth-order valence-electron chi connectivity index (χ4n) is 7.40. The molecule has 2 heteroatoms. The Morgan fingerprint density at radius 3 is 1.67 bits per heavy atom. The zero-order chi connectivity index (χ0) is 28.4. The molecule has 0 saturated heterocycles. The van der Waals surface area contributed by atoms with E-state index in [0.717, 1.165) is 28.6 Å². The number of hydrogen-bond acceptors (Lipinski definition) is 2. The molecule has 43 heavy (non-hydrogen) atoms. The minimum absolute atomic E-state index is 0.533. The van der Waals surface area contributed by atoms with Gasteiger partial charge in [0.15, 0.2) is 0 Å². The van der Waals surface area contributed by atoms with Gasteiger partial charge < -0.3 is 9.64 Å². The zero-order valence-electron chi connectivity index (χ0n) is 23.4. The number of fused-ring (bicyclic) bond motifs is 11. The highest BCUT2D eigenvalue weighted by Crippen LogP contribution is 2.63. The number of rotatable bonds is 3. The maximum Gasteiger partial charge on any atom is 0.132 e. The molecule has 2 aliphatic rings. The highest BCUT2D eigenvalue weighted by atomic mass is 16.5. The fourth-order valence-corrected chi connectivity index (χ4v) is 7.40. The summed E-state index contributed by atoms with van der Waals surface area (Å²) in [6, 6.07) is 58.8. The van der Waals surface area contributed by atoms with Crippen LogP contribution in [0.2, 0.25) is 0 Å². The van der Waals surface area contributed by atoms with Crippen LogP contribution in [0.3, 0.4) is 0 Å². The van der Waals surface area contributed by atoms with E-state index < -0.39 is 5.41 Å². The third-order valence-electron chi connectivity index (χ3n) is 9.10. The summed E-state index contributed by atoms with van der Waals surface area (Å²) in [6.07, 6.45) is 0. The molecule has 0 bridgehead atoms. The van der Waals surface area contributed by atoms with E-state index in [1.807, 2.05) is 0 Å². The Balaban J connectivity index is 1.42. The van der Waals surface area contributed by atoms with Gasteiger partial charge in [-0.25, -0.2) is 0 Å². The molecule has 0 fully saturated rings. The van der Waals surface area contributed by atoms with E-state index in [-0.39, 0.29) is 0 Å². The average Bonchev–Trinajstić information content (AvgIpc) is 3.36. The van der Waals surface area contributed by atoms with E-state index in [9.17, 15) is 0 Å². The molecule has 0 saturated carbocycles. The van der Waals surface area contributed by atoms with E-state index in [1.54, 1.807) is 0 Å². The van der Waals surface area contributed by atoms with Gasteiger partial charge in [0.25, 0.3) is 0 Å². The first kappa shape index (κ1) is 24.0. The second-order valence-corrected chi connectivity index (χ2v) is 11.3. The molecule has 202 valence electrons. The van der Waals surface area contributed by atoms with Gasteiger partial charge in [-0.1, -0.05) is 115 Å². The highest BCUT2D eigenvalue weighted by molar-refractivity contribution is 6.05. The van der Waals surface area contributed by atoms with Crippen molar-refractivity contribution < 1.29 is 4.74 Å². The van der Waals surface area contributed by atoms with Gasteiger partial charge in [0.05, 0.1) is 5.41 Å². The van der Waals surface area contributed by atoms with E-state index in [0.29, 0.717) is 0 Å². The predicted octanol–water partition coefficient (Wildman–Crippen LogP) is 10.8. The summed E-state index contributed by atoms with van der Waals surface area (Å²) in [5.41, 5.74) is 10.3. The smallest absolute Gasteiger partial charge is 0.132 e. The minimum Gasteiger partial charge on any atom is -0.457 e. The van der Waals surface area contributed by atoms with Crippen LogP contribution in [0.5, 0.6) is 11.5 Å². The summed E-state index contributed by atoms with van der Waals surface area (Å²) < 4.78 is 6.59. The normalized spacial score (nSPS) is 13.5. The van der Waals surface area contributed by atoms with Gasteiger partial charge in [-0.15, -0.1) is 0 Å². The van der Waals surface area contributed by atoms with Crippen LogP contribution in [0.25, 0.3) is 21.9 Å². The van der Waals surface area contributed by atoms with Gasteiger partial charge in [0.1, 0.15) is 11.5 Å². The molecule has 1 aliphatic carbocycles. The van der Waals surface area contributed by atoms with Crippen molar-refractivity contribution in [3.63, 3.8) is 0 Å². The Morgan fingerprint density at radius 2 is 1.00 bits per heavy atom.